The van der Waals surface area contributed by atoms with Gasteiger partial charge in [-0.2, -0.15) is 4.39 Å². The van der Waals surface area contributed by atoms with Crippen molar-refractivity contribution < 1.29 is 24.0 Å². The highest BCUT2D eigenvalue weighted by Crippen LogP contribution is 2.22. The smallest absolute Gasteiger partial charge is 0.308 e. The van der Waals surface area contributed by atoms with E-state index < -0.39 is 34.2 Å². The Morgan fingerprint density at radius 1 is 1.45 bits per heavy atom. The monoisotopic (exact) mass is 282 g/mol. The van der Waals surface area contributed by atoms with Gasteiger partial charge in [0.2, 0.25) is 5.82 Å². The number of benzene rings is 1. The van der Waals surface area contributed by atoms with Crippen LogP contribution in [0.4, 0.5) is 10.1 Å². The van der Waals surface area contributed by atoms with Crippen LogP contribution in [0.3, 0.4) is 0 Å². The number of nitro groups is 1. The maximum absolute atomic E-state index is 13.4. The van der Waals surface area contributed by atoms with E-state index in [0.717, 1.165) is 18.2 Å². The molecule has 1 aromatic carbocycles. The number of hydrogen-bond donors (Lipinski definition) is 1. The highest BCUT2D eigenvalue weighted by atomic mass is 19.1. The third-order valence-corrected chi connectivity index (χ3v) is 3.22. The molecule has 1 aliphatic rings. The summed E-state index contributed by atoms with van der Waals surface area (Å²) in [5.74, 6) is -3.21. The minimum Gasteiger partial charge on any atom is -0.481 e. The minimum absolute atomic E-state index is 0.0286. The topological polar surface area (TPSA) is 101 Å². The molecule has 1 amide bonds. The number of carboxylic acid groups (broad SMARTS) is 1. The number of nitro benzene ring substituents is 1. The maximum atomic E-state index is 13.4. The normalized spacial score (nSPS) is 18.1. The number of likely N-dealkylation sites (tertiary alicyclic amines) is 1. The van der Waals surface area contributed by atoms with E-state index in [-0.39, 0.29) is 18.7 Å². The van der Waals surface area contributed by atoms with Crippen molar-refractivity contribution in [1.29, 1.82) is 0 Å². The Bertz CT molecular complexity index is 589. The first-order valence-electron chi connectivity index (χ1n) is 5.86. The molecule has 1 aromatic rings. The average Bonchev–Trinajstić information content (AvgIpc) is 2.87. The molecule has 1 fully saturated rings. The molecule has 7 nitrogen and oxygen atoms in total. The number of halogens is 1. The fraction of sp³-hybridized carbons (Fsp3) is 0.333. The molecule has 0 radical (unpaired) electrons. The molecule has 8 heteroatoms. The maximum Gasteiger partial charge on any atom is 0.308 e. The number of hydrogen-bond acceptors (Lipinski definition) is 4. The average molecular weight is 282 g/mol. The van der Waals surface area contributed by atoms with Crippen LogP contribution in [0, 0.1) is 21.8 Å². The molecule has 1 N–H and O–H groups in total. The molecule has 0 aromatic heterocycles. The molecule has 0 bridgehead atoms. The van der Waals surface area contributed by atoms with E-state index in [1.165, 1.54) is 4.90 Å². The number of rotatable bonds is 3. The first kappa shape index (κ1) is 13.9. The van der Waals surface area contributed by atoms with Gasteiger partial charge >= 0.3 is 11.7 Å². The zero-order chi connectivity index (χ0) is 14.9. The van der Waals surface area contributed by atoms with Gasteiger partial charge in [0.15, 0.2) is 0 Å². The molecule has 1 unspecified atom stereocenters. The summed E-state index contributed by atoms with van der Waals surface area (Å²) in [5.41, 5.74) is -0.731. The largest absolute Gasteiger partial charge is 0.481 e. The summed E-state index contributed by atoms with van der Waals surface area (Å²) < 4.78 is 13.4. The second-order valence-corrected chi connectivity index (χ2v) is 4.50. The first-order chi connectivity index (χ1) is 9.40. The Morgan fingerprint density at radius 2 is 2.15 bits per heavy atom. The van der Waals surface area contributed by atoms with Gasteiger partial charge in [0, 0.05) is 24.7 Å². The van der Waals surface area contributed by atoms with E-state index in [0.29, 0.717) is 6.42 Å². The fourth-order valence-electron chi connectivity index (χ4n) is 2.12. The van der Waals surface area contributed by atoms with Crippen molar-refractivity contribution in [3.05, 3.63) is 39.7 Å². The third-order valence-electron chi connectivity index (χ3n) is 3.22. The molecule has 1 aliphatic heterocycles. The lowest BCUT2D eigenvalue weighted by Crippen LogP contribution is -2.30. The van der Waals surface area contributed by atoms with Gasteiger partial charge in [-0.15, -0.1) is 0 Å². The Labute approximate surface area is 112 Å². The molecule has 20 heavy (non-hydrogen) atoms. The summed E-state index contributed by atoms with van der Waals surface area (Å²) >= 11 is 0. The van der Waals surface area contributed by atoms with Crippen LogP contribution < -0.4 is 0 Å². The Kier molecular flexibility index (Phi) is 3.64. The summed E-state index contributed by atoms with van der Waals surface area (Å²) in [5, 5.41) is 19.3. The van der Waals surface area contributed by atoms with Crippen LogP contribution in [0.15, 0.2) is 18.2 Å². The van der Waals surface area contributed by atoms with Crippen molar-refractivity contribution in [1.82, 2.24) is 4.90 Å². The van der Waals surface area contributed by atoms with Crippen molar-refractivity contribution in [3.63, 3.8) is 0 Å². The molecule has 0 spiro atoms. The number of carboxylic acids is 1. The zero-order valence-corrected chi connectivity index (χ0v) is 10.3. The molecule has 1 heterocycles. The predicted molar refractivity (Wildman–Crippen MR) is 64.7 cm³/mol. The summed E-state index contributed by atoms with van der Waals surface area (Å²) in [6.45, 7) is 0.335. The van der Waals surface area contributed by atoms with E-state index in [1.807, 2.05) is 0 Å². The molecule has 0 aliphatic carbocycles. The molecule has 1 atom stereocenters. The quantitative estimate of drug-likeness (QED) is 0.664. The highest BCUT2D eigenvalue weighted by molar-refractivity contribution is 5.95. The van der Waals surface area contributed by atoms with E-state index in [4.69, 9.17) is 5.11 Å². The van der Waals surface area contributed by atoms with Crippen molar-refractivity contribution in [3.8, 4) is 0 Å². The number of nitrogens with zero attached hydrogens (tertiary/aromatic N) is 2. The predicted octanol–water partition coefficient (Wildman–Crippen LogP) is 1.28. The second kappa shape index (κ2) is 5.24. The van der Waals surface area contributed by atoms with E-state index >= 15 is 0 Å². The Hall–Kier alpha value is -2.51. The van der Waals surface area contributed by atoms with Crippen molar-refractivity contribution in [2.75, 3.05) is 13.1 Å². The number of carbonyl (C=O) groups is 2. The van der Waals surface area contributed by atoms with Crippen LogP contribution in [0.1, 0.15) is 16.8 Å². The van der Waals surface area contributed by atoms with Crippen LogP contribution in [0.5, 0.6) is 0 Å². The van der Waals surface area contributed by atoms with E-state index in [9.17, 15) is 24.1 Å². The molecule has 1 saturated heterocycles. The number of carbonyl (C=O) groups excluding carboxylic acids is 1. The number of aliphatic carboxylic acids is 1. The Balaban J connectivity index is 2.16. The molecular weight excluding hydrogens is 271 g/mol. The van der Waals surface area contributed by atoms with Crippen LogP contribution in [0.25, 0.3) is 0 Å². The van der Waals surface area contributed by atoms with Gasteiger partial charge in [0.05, 0.1) is 10.8 Å². The lowest BCUT2D eigenvalue weighted by atomic mass is 10.1. The van der Waals surface area contributed by atoms with Crippen LogP contribution in [-0.4, -0.2) is 39.9 Å². The van der Waals surface area contributed by atoms with Gasteiger partial charge in [-0.1, -0.05) is 0 Å². The summed E-state index contributed by atoms with van der Waals surface area (Å²) in [4.78, 5) is 33.8. The molecule has 106 valence electrons. The van der Waals surface area contributed by atoms with Gasteiger partial charge in [-0.25, -0.2) is 0 Å². The molecule has 0 saturated carbocycles. The third kappa shape index (κ3) is 2.58. The number of amides is 1. The molecular formula is C12H11FN2O5. The zero-order valence-electron chi connectivity index (χ0n) is 10.3. The van der Waals surface area contributed by atoms with Crippen LogP contribution >= 0.6 is 0 Å². The van der Waals surface area contributed by atoms with Crippen LogP contribution in [0.2, 0.25) is 0 Å². The van der Waals surface area contributed by atoms with Gasteiger partial charge in [-0.05, 0) is 18.6 Å². The SMILES string of the molecule is O=C(O)C1CCN(C(=O)c2ccc([N+](=O)[O-])c(F)c2)C1. The first-order valence-corrected chi connectivity index (χ1v) is 5.86. The van der Waals surface area contributed by atoms with Gasteiger partial charge in [0.25, 0.3) is 5.91 Å². The van der Waals surface area contributed by atoms with E-state index in [1.54, 1.807) is 0 Å². The minimum atomic E-state index is -1.09. The van der Waals surface area contributed by atoms with Gasteiger partial charge < -0.3 is 10.0 Å². The summed E-state index contributed by atoms with van der Waals surface area (Å²) in [6, 6.07) is 2.89. The lowest BCUT2D eigenvalue weighted by Gasteiger charge is -2.15. The summed E-state index contributed by atoms with van der Waals surface area (Å²) in [6.07, 6.45) is 0.344. The fourth-order valence-corrected chi connectivity index (χ4v) is 2.12. The standard InChI is InChI=1S/C12H11FN2O5/c13-9-5-7(1-2-10(9)15(19)20)11(16)14-4-3-8(6-14)12(17)18/h1-2,5,8H,3-4,6H2,(H,17,18). The van der Waals surface area contributed by atoms with Crippen molar-refractivity contribution in [2.45, 2.75) is 6.42 Å². The highest BCUT2D eigenvalue weighted by Gasteiger charge is 2.31. The van der Waals surface area contributed by atoms with Crippen molar-refractivity contribution in [2.24, 2.45) is 5.92 Å². The van der Waals surface area contributed by atoms with Gasteiger partial charge in [-0.3, -0.25) is 19.7 Å². The Morgan fingerprint density at radius 3 is 2.65 bits per heavy atom. The van der Waals surface area contributed by atoms with Crippen molar-refractivity contribution >= 4 is 17.6 Å². The van der Waals surface area contributed by atoms with Gasteiger partial charge in [0.1, 0.15) is 0 Å². The summed E-state index contributed by atoms with van der Waals surface area (Å²) in [7, 11) is 0. The molecule has 2 rings (SSSR count). The lowest BCUT2D eigenvalue weighted by molar-refractivity contribution is -0.387. The second-order valence-electron chi connectivity index (χ2n) is 4.50. The van der Waals surface area contributed by atoms with E-state index in [2.05, 4.69) is 0 Å². The van der Waals surface area contributed by atoms with Crippen LogP contribution in [-0.2, 0) is 4.79 Å².